The van der Waals surface area contributed by atoms with Crippen molar-refractivity contribution in [3.8, 4) is 17.0 Å². The van der Waals surface area contributed by atoms with Gasteiger partial charge in [0.2, 0.25) is 11.8 Å². The minimum absolute atomic E-state index is 0.247. The van der Waals surface area contributed by atoms with Gasteiger partial charge in [-0.05, 0) is 35.4 Å². The summed E-state index contributed by atoms with van der Waals surface area (Å²) >= 11 is 0. The van der Waals surface area contributed by atoms with Crippen LogP contribution in [0.25, 0.3) is 22.0 Å². The molecule has 0 aliphatic carbocycles. The van der Waals surface area contributed by atoms with E-state index in [9.17, 15) is 34.2 Å². The topological polar surface area (TPSA) is 240 Å². The number of aromatic nitrogens is 5. The summed E-state index contributed by atoms with van der Waals surface area (Å²) in [7, 11) is 1.59. The lowest BCUT2D eigenvalue weighted by molar-refractivity contribution is -0.138. The highest BCUT2D eigenvalue weighted by Crippen LogP contribution is 2.28. The van der Waals surface area contributed by atoms with Crippen molar-refractivity contribution in [2.75, 3.05) is 13.7 Å². The predicted octanol–water partition coefficient (Wildman–Crippen LogP) is -1.26. The third-order valence-electron chi connectivity index (χ3n) is 7.43. The molecule has 0 radical (unpaired) electrons. The number of H-pyrrole nitrogens is 1. The maximum atomic E-state index is 13.0. The van der Waals surface area contributed by atoms with Gasteiger partial charge in [0.1, 0.15) is 42.3 Å². The number of carboxylic acid groups (broad SMARTS) is 1. The number of aliphatic hydroxyl groups excluding tert-OH is 2. The molecular formula is C29H31N7O10. The summed E-state index contributed by atoms with van der Waals surface area (Å²) in [6, 6.07) is 11.1. The van der Waals surface area contributed by atoms with E-state index < -0.39 is 66.0 Å². The first-order valence-electron chi connectivity index (χ1n) is 14.1. The Hall–Kier alpha value is -5.39. The van der Waals surface area contributed by atoms with Gasteiger partial charge in [-0.2, -0.15) is 0 Å². The fraction of sp³-hybridized carbons (Fsp3) is 0.345. The van der Waals surface area contributed by atoms with Crippen LogP contribution in [0.3, 0.4) is 0 Å². The van der Waals surface area contributed by atoms with Gasteiger partial charge < -0.3 is 35.4 Å². The number of hydrogen-bond acceptors (Lipinski definition) is 11. The molecule has 0 saturated carbocycles. The number of aliphatic carboxylic acids is 1. The van der Waals surface area contributed by atoms with Crippen LogP contribution in [0.5, 0.6) is 5.75 Å². The van der Waals surface area contributed by atoms with Crippen molar-refractivity contribution >= 4 is 28.6 Å². The molecule has 5 rings (SSSR count). The highest BCUT2D eigenvalue weighted by atomic mass is 16.6. The Morgan fingerprint density at radius 1 is 1.09 bits per heavy atom. The predicted molar refractivity (Wildman–Crippen MR) is 159 cm³/mol. The van der Waals surface area contributed by atoms with Crippen molar-refractivity contribution in [1.82, 2.24) is 35.2 Å². The van der Waals surface area contributed by atoms with Gasteiger partial charge in [0.15, 0.2) is 6.23 Å². The molecule has 0 spiro atoms. The van der Waals surface area contributed by atoms with E-state index in [4.69, 9.17) is 14.6 Å². The Morgan fingerprint density at radius 3 is 2.59 bits per heavy atom. The van der Waals surface area contributed by atoms with E-state index in [1.807, 2.05) is 41.4 Å². The number of carboxylic acids is 1. The fourth-order valence-electron chi connectivity index (χ4n) is 5.02. The molecule has 1 aliphatic heterocycles. The number of aliphatic hydroxyl groups is 2. The summed E-state index contributed by atoms with van der Waals surface area (Å²) < 4.78 is 13.0. The smallest absolute Gasteiger partial charge is 0.330 e. The van der Waals surface area contributed by atoms with Crippen LogP contribution in [0.15, 0.2) is 64.4 Å². The molecule has 2 aromatic heterocycles. The number of amides is 2. The van der Waals surface area contributed by atoms with E-state index in [0.717, 1.165) is 38.9 Å². The lowest BCUT2D eigenvalue weighted by atomic mass is 10.1. The Morgan fingerprint density at radius 2 is 1.85 bits per heavy atom. The van der Waals surface area contributed by atoms with Crippen LogP contribution in [0, 0.1) is 0 Å². The van der Waals surface area contributed by atoms with Gasteiger partial charge in [-0.1, -0.05) is 23.4 Å². The summed E-state index contributed by atoms with van der Waals surface area (Å²) in [6.07, 6.45) is -3.65. The second-order valence-electron chi connectivity index (χ2n) is 10.6. The van der Waals surface area contributed by atoms with Gasteiger partial charge in [-0.15, -0.1) is 5.10 Å². The van der Waals surface area contributed by atoms with Crippen LogP contribution in [0.1, 0.15) is 19.1 Å². The Kier molecular flexibility index (Phi) is 9.55. The summed E-state index contributed by atoms with van der Waals surface area (Å²) in [5.74, 6) is -1.87. The second-order valence-corrected chi connectivity index (χ2v) is 10.6. The molecule has 1 saturated heterocycles. The average Bonchev–Trinajstić information content (AvgIpc) is 3.61. The van der Waals surface area contributed by atoms with Crippen LogP contribution in [0.2, 0.25) is 0 Å². The molecule has 17 heteroatoms. The second kappa shape index (κ2) is 13.7. The van der Waals surface area contributed by atoms with Crippen molar-refractivity contribution in [1.29, 1.82) is 0 Å². The summed E-state index contributed by atoms with van der Waals surface area (Å²) in [6.45, 7) is -0.670. The molecule has 0 unspecified atom stereocenters. The van der Waals surface area contributed by atoms with Crippen molar-refractivity contribution < 1.29 is 39.2 Å². The van der Waals surface area contributed by atoms with Crippen LogP contribution in [-0.4, -0.2) is 95.7 Å². The molecule has 5 atom stereocenters. The number of nitrogens with zero attached hydrogens (tertiary/aromatic N) is 4. The van der Waals surface area contributed by atoms with Crippen LogP contribution in [-0.2, 0) is 25.7 Å². The van der Waals surface area contributed by atoms with Crippen LogP contribution >= 0.6 is 0 Å². The number of carbonyl (C=O) groups is 3. The molecule has 1 fully saturated rings. The number of aromatic amines is 1. The van der Waals surface area contributed by atoms with Gasteiger partial charge in [0, 0.05) is 30.8 Å². The van der Waals surface area contributed by atoms with Crippen molar-refractivity contribution in [2.24, 2.45) is 0 Å². The minimum atomic E-state index is -1.57. The first-order chi connectivity index (χ1) is 22.0. The van der Waals surface area contributed by atoms with E-state index in [2.05, 4.69) is 20.9 Å². The van der Waals surface area contributed by atoms with E-state index in [1.165, 1.54) is 4.68 Å². The average molecular weight is 638 g/mol. The first kappa shape index (κ1) is 32.0. The largest absolute Gasteiger partial charge is 0.497 e. The monoisotopic (exact) mass is 637 g/mol. The lowest BCUT2D eigenvalue weighted by Crippen LogP contribution is -2.50. The van der Waals surface area contributed by atoms with Gasteiger partial charge in [0.25, 0.3) is 5.56 Å². The molecule has 0 bridgehead atoms. The highest BCUT2D eigenvalue weighted by Gasteiger charge is 2.44. The van der Waals surface area contributed by atoms with Gasteiger partial charge in [-0.3, -0.25) is 28.7 Å². The normalized spacial score (nSPS) is 19.9. The molecule has 4 aromatic rings. The van der Waals surface area contributed by atoms with Gasteiger partial charge >= 0.3 is 11.7 Å². The summed E-state index contributed by atoms with van der Waals surface area (Å²) in [4.78, 5) is 62.6. The molecule has 3 heterocycles. The molecule has 17 nitrogen and oxygen atoms in total. The van der Waals surface area contributed by atoms with E-state index >= 15 is 0 Å². The van der Waals surface area contributed by atoms with E-state index in [0.29, 0.717) is 5.69 Å². The lowest BCUT2D eigenvalue weighted by Gasteiger charge is -2.20. The first-order valence-corrected chi connectivity index (χ1v) is 14.1. The molecule has 1 aliphatic rings. The zero-order valence-corrected chi connectivity index (χ0v) is 24.4. The van der Waals surface area contributed by atoms with Gasteiger partial charge in [0.05, 0.1) is 13.3 Å². The zero-order chi connectivity index (χ0) is 33.0. The summed E-state index contributed by atoms with van der Waals surface area (Å²) in [5, 5.41) is 45.0. The Balaban J connectivity index is 1.20. The quantitative estimate of drug-likeness (QED) is 0.107. The zero-order valence-electron chi connectivity index (χ0n) is 24.4. The van der Waals surface area contributed by atoms with E-state index in [-0.39, 0.29) is 19.5 Å². The number of fused-ring (bicyclic) bond motifs is 1. The number of carbonyl (C=O) groups excluding carboxylic acids is 2. The fourth-order valence-corrected chi connectivity index (χ4v) is 5.02. The summed E-state index contributed by atoms with van der Waals surface area (Å²) in [5.41, 5.74) is -0.270. The molecule has 2 amide bonds. The molecular weight excluding hydrogens is 606 g/mol. The van der Waals surface area contributed by atoms with Gasteiger partial charge in [-0.25, -0.2) is 9.48 Å². The Labute approximate surface area is 259 Å². The maximum absolute atomic E-state index is 13.0. The highest BCUT2D eigenvalue weighted by molar-refractivity contribution is 5.89. The van der Waals surface area contributed by atoms with E-state index in [1.54, 1.807) is 13.3 Å². The SMILES string of the molecule is COc1ccc2cc(-c3cn(CC(=O)N[C@@H](CCC(=O)O)C(=O)NC[C@H]4O[C@@H](n5ccc(=O)[nH]c5=O)[C@H](O)[C@@H]4O)nn3)ccc2c1. The third-order valence-corrected chi connectivity index (χ3v) is 7.43. The van der Waals surface area contributed by atoms with Crippen LogP contribution in [0.4, 0.5) is 0 Å². The minimum Gasteiger partial charge on any atom is -0.497 e. The van der Waals surface area contributed by atoms with Crippen LogP contribution < -0.4 is 26.6 Å². The number of ether oxygens (including phenoxy) is 2. The maximum Gasteiger partial charge on any atom is 0.330 e. The van der Waals surface area contributed by atoms with Crippen molar-refractivity contribution in [3.63, 3.8) is 0 Å². The number of hydrogen-bond donors (Lipinski definition) is 6. The third kappa shape index (κ3) is 7.28. The number of benzene rings is 2. The molecule has 6 N–H and O–H groups in total. The molecule has 46 heavy (non-hydrogen) atoms. The molecule has 2 aromatic carbocycles. The number of nitrogens with one attached hydrogen (secondary N) is 3. The van der Waals surface area contributed by atoms with Crippen molar-refractivity contribution in [3.05, 3.63) is 75.7 Å². The number of rotatable bonds is 12. The van der Waals surface area contributed by atoms with Crippen molar-refractivity contribution in [2.45, 2.75) is 50.0 Å². The Bertz CT molecular complexity index is 1870. The standard InChI is InChI=1S/C29H31N7O10/c1-45-18-5-4-15-10-17(3-2-16(15)11-18)20-13-35(34-33-20)14-23(38)31-19(6-7-24(39)40)27(43)30-12-21-25(41)26(42)28(46-21)36-9-8-22(37)32-29(36)44/h2-5,8-11,13,19,21,25-26,28,41-42H,6-7,12,14H2,1H3,(H,30,43)(H,31,38)(H,39,40)(H,32,37,44)/t19-,21+,25+,26+,28+/m0/s1. The number of methoxy groups -OCH3 is 1. The molecule has 242 valence electrons.